The molecule has 5 heteroatoms. The summed E-state index contributed by atoms with van der Waals surface area (Å²) in [6.45, 7) is 0. The average molecular weight is 398 g/mol. The van der Waals surface area contributed by atoms with Crippen LogP contribution in [0, 0.1) is 11.8 Å². The maximum absolute atomic E-state index is 11.5. The molecule has 4 aromatic rings. The molecule has 0 spiro atoms. The van der Waals surface area contributed by atoms with Crippen molar-refractivity contribution >= 4 is 16.9 Å². The fourth-order valence-corrected chi connectivity index (χ4v) is 3.11. The molecule has 0 saturated heterocycles. The van der Waals surface area contributed by atoms with E-state index < -0.39 is 5.97 Å². The topological polar surface area (TPSA) is 68.9 Å². The molecule has 0 atom stereocenters. The second-order valence-corrected chi connectivity index (χ2v) is 6.53. The van der Waals surface area contributed by atoms with Gasteiger partial charge in [-0.1, -0.05) is 11.8 Å². The number of rotatable bonds is 4. The highest BCUT2D eigenvalue weighted by Crippen LogP contribution is 2.34. The summed E-state index contributed by atoms with van der Waals surface area (Å²) in [6.07, 6.45) is 0. The fraction of sp³-hybridized carbons (Fsp3) is 0.0800. The van der Waals surface area contributed by atoms with Crippen LogP contribution in [0.1, 0.15) is 21.5 Å². The first-order chi connectivity index (χ1) is 14.6. The second-order valence-electron chi connectivity index (χ2n) is 6.53. The molecule has 148 valence electrons. The first-order valence-corrected chi connectivity index (χ1v) is 9.19. The van der Waals surface area contributed by atoms with Gasteiger partial charge in [0.25, 0.3) is 0 Å². The zero-order valence-electron chi connectivity index (χ0n) is 16.4. The summed E-state index contributed by atoms with van der Waals surface area (Å²) in [5.74, 6) is 7.37. The number of methoxy groups -OCH3 is 2. The third-order valence-corrected chi connectivity index (χ3v) is 4.71. The van der Waals surface area contributed by atoms with Crippen LogP contribution in [0.2, 0.25) is 0 Å². The maximum Gasteiger partial charge on any atom is 0.335 e. The number of benzene rings is 3. The van der Waals surface area contributed by atoms with Crippen molar-refractivity contribution in [3.63, 3.8) is 0 Å². The zero-order valence-corrected chi connectivity index (χ0v) is 16.4. The van der Waals surface area contributed by atoms with Crippen LogP contribution in [0.5, 0.6) is 11.5 Å². The number of fused-ring (bicyclic) bond motifs is 1. The van der Waals surface area contributed by atoms with E-state index in [9.17, 15) is 9.90 Å². The van der Waals surface area contributed by atoms with Crippen molar-refractivity contribution in [1.82, 2.24) is 0 Å². The van der Waals surface area contributed by atoms with Gasteiger partial charge in [0.15, 0.2) is 5.76 Å². The lowest BCUT2D eigenvalue weighted by Gasteiger charge is -2.01. The van der Waals surface area contributed by atoms with Crippen LogP contribution in [0.4, 0.5) is 0 Å². The zero-order chi connectivity index (χ0) is 21.1. The standard InChI is InChI=1S/C25H18O5/c1-28-19-9-3-16(4-10-19)5-13-21-22-15-18(25(26)27)8-14-23(22)30-24(21)17-6-11-20(29-2)12-7-17/h3-4,6-12,14-15H,1-2H3,(H,26,27). The lowest BCUT2D eigenvalue weighted by atomic mass is 10.0. The molecule has 3 aromatic carbocycles. The Morgan fingerprint density at radius 1 is 0.867 bits per heavy atom. The van der Waals surface area contributed by atoms with Crippen molar-refractivity contribution in [2.24, 2.45) is 0 Å². The molecule has 1 heterocycles. The predicted molar refractivity (Wildman–Crippen MR) is 114 cm³/mol. The SMILES string of the molecule is COc1ccc(C#Cc2c(-c3ccc(OC)cc3)oc3ccc(C(=O)O)cc23)cc1. The second kappa shape index (κ2) is 8.06. The van der Waals surface area contributed by atoms with Gasteiger partial charge in [-0.05, 0) is 66.7 Å². The first-order valence-electron chi connectivity index (χ1n) is 9.19. The Hall–Kier alpha value is -4.17. The molecule has 0 amide bonds. The van der Waals surface area contributed by atoms with Crippen LogP contribution in [0.25, 0.3) is 22.3 Å². The third kappa shape index (κ3) is 3.71. The van der Waals surface area contributed by atoms with Crippen LogP contribution in [-0.2, 0) is 0 Å². The molecule has 1 aromatic heterocycles. The van der Waals surface area contributed by atoms with E-state index in [-0.39, 0.29) is 5.56 Å². The molecule has 0 aliphatic rings. The van der Waals surface area contributed by atoms with Gasteiger partial charge in [-0.2, -0.15) is 0 Å². The largest absolute Gasteiger partial charge is 0.497 e. The van der Waals surface area contributed by atoms with E-state index in [0.29, 0.717) is 22.3 Å². The van der Waals surface area contributed by atoms with Crippen LogP contribution in [0.15, 0.2) is 71.1 Å². The normalized spacial score (nSPS) is 10.3. The predicted octanol–water partition coefficient (Wildman–Crippen LogP) is 5.22. The highest BCUT2D eigenvalue weighted by Gasteiger charge is 2.16. The summed E-state index contributed by atoms with van der Waals surface area (Å²) >= 11 is 0. The summed E-state index contributed by atoms with van der Waals surface area (Å²) < 4.78 is 16.5. The number of furan rings is 1. The van der Waals surface area contributed by atoms with Crippen molar-refractivity contribution < 1.29 is 23.8 Å². The lowest BCUT2D eigenvalue weighted by molar-refractivity contribution is 0.0697. The van der Waals surface area contributed by atoms with Crippen molar-refractivity contribution in [3.8, 4) is 34.7 Å². The van der Waals surface area contributed by atoms with Gasteiger partial charge in [0.1, 0.15) is 17.1 Å². The van der Waals surface area contributed by atoms with E-state index >= 15 is 0 Å². The molecule has 0 saturated carbocycles. The molecule has 0 fully saturated rings. The highest BCUT2D eigenvalue weighted by atomic mass is 16.5. The minimum atomic E-state index is -1.00. The Morgan fingerprint density at radius 3 is 2.10 bits per heavy atom. The smallest absolute Gasteiger partial charge is 0.335 e. The quantitative estimate of drug-likeness (QED) is 0.478. The number of carboxylic acids is 1. The van der Waals surface area contributed by atoms with E-state index in [0.717, 1.165) is 22.6 Å². The minimum Gasteiger partial charge on any atom is -0.497 e. The molecule has 0 bridgehead atoms. The van der Waals surface area contributed by atoms with E-state index in [1.807, 2.05) is 48.5 Å². The van der Waals surface area contributed by atoms with Gasteiger partial charge in [-0.3, -0.25) is 0 Å². The highest BCUT2D eigenvalue weighted by molar-refractivity contribution is 5.97. The van der Waals surface area contributed by atoms with Gasteiger partial charge in [0.05, 0.1) is 25.3 Å². The van der Waals surface area contributed by atoms with E-state index in [1.165, 1.54) is 6.07 Å². The number of carbonyl (C=O) groups is 1. The molecule has 5 nitrogen and oxygen atoms in total. The van der Waals surface area contributed by atoms with Gasteiger partial charge < -0.3 is 19.0 Å². The lowest BCUT2D eigenvalue weighted by Crippen LogP contribution is -1.94. The molecule has 0 unspecified atom stereocenters. The summed E-state index contributed by atoms with van der Waals surface area (Å²) in [4.78, 5) is 11.5. The molecule has 1 N–H and O–H groups in total. The first kappa shape index (κ1) is 19.2. The van der Waals surface area contributed by atoms with Crippen LogP contribution >= 0.6 is 0 Å². The Kier molecular flexibility index (Phi) is 5.15. The summed E-state index contributed by atoms with van der Waals surface area (Å²) in [7, 11) is 3.22. The van der Waals surface area contributed by atoms with Gasteiger partial charge in [0.2, 0.25) is 0 Å². The molecule has 0 aliphatic carbocycles. The number of ether oxygens (including phenoxy) is 2. The van der Waals surface area contributed by atoms with E-state index in [1.54, 1.807) is 26.4 Å². The molecule has 30 heavy (non-hydrogen) atoms. The van der Waals surface area contributed by atoms with Crippen LogP contribution in [-0.4, -0.2) is 25.3 Å². The fourth-order valence-electron chi connectivity index (χ4n) is 3.11. The van der Waals surface area contributed by atoms with Crippen molar-refractivity contribution in [3.05, 3.63) is 83.4 Å². The van der Waals surface area contributed by atoms with E-state index in [4.69, 9.17) is 13.9 Å². The maximum atomic E-state index is 11.5. The number of hydrogen-bond donors (Lipinski definition) is 1. The molecule has 0 aliphatic heterocycles. The van der Waals surface area contributed by atoms with Crippen molar-refractivity contribution in [2.75, 3.05) is 14.2 Å². The van der Waals surface area contributed by atoms with Gasteiger partial charge >= 0.3 is 5.97 Å². The third-order valence-electron chi connectivity index (χ3n) is 4.71. The molecular formula is C25H18O5. The summed E-state index contributed by atoms with van der Waals surface area (Å²) in [5, 5.41) is 10.0. The summed E-state index contributed by atoms with van der Waals surface area (Å²) in [6, 6.07) is 19.6. The Morgan fingerprint density at radius 2 is 1.50 bits per heavy atom. The monoisotopic (exact) mass is 398 g/mol. The molecule has 4 rings (SSSR count). The van der Waals surface area contributed by atoms with Crippen LogP contribution in [0.3, 0.4) is 0 Å². The van der Waals surface area contributed by atoms with Gasteiger partial charge in [-0.15, -0.1) is 0 Å². The van der Waals surface area contributed by atoms with Crippen LogP contribution < -0.4 is 9.47 Å². The number of aromatic carboxylic acids is 1. The minimum absolute atomic E-state index is 0.178. The Bertz CT molecular complexity index is 1270. The number of carboxylic acid groups (broad SMARTS) is 1. The molecule has 0 radical (unpaired) electrons. The van der Waals surface area contributed by atoms with Gasteiger partial charge in [-0.25, -0.2) is 4.79 Å². The van der Waals surface area contributed by atoms with Crippen molar-refractivity contribution in [2.45, 2.75) is 0 Å². The Labute approximate surface area is 173 Å². The summed E-state index contributed by atoms with van der Waals surface area (Å²) in [5.41, 5.74) is 3.01. The van der Waals surface area contributed by atoms with Gasteiger partial charge in [0, 0.05) is 16.5 Å². The molecular weight excluding hydrogens is 380 g/mol. The Balaban J connectivity index is 1.88. The average Bonchev–Trinajstić information content (AvgIpc) is 3.15. The number of hydrogen-bond acceptors (Lipinski definition) is 4. The van der Waals surface area contributed by atoms with E-state index in [2.05, 4.69) is 11.8 Å². The van der Waals surface area contributed by atoms with Crippen molar-refractivity contribution in [1.29, 1.82) is 0 Å².